The van der Waals surface area contributed by atoms with Gasteiger partial charge in [-0.1, -0.05) is 36.4 Å². The number of thiophene rings is 1. The molecule has 26 heavy (non-hydrogen) atoms. The summed E-state index contributed by atoms with van der Waals surface area (Å²) < 4.78 is 13.2. The van der Waals surface area contributed by atoms with Crippen molar-refractivity contribution in [1.29, 1.82) is 0 Å². The third-order valence-corrected chi connectivity index (χ3v) is 4.57. The number of rotatable bonds is 4. The molecule has 0 unspecified atom stereocenters. The zero-order chi connectivity index (χ0) is 18.4. The molecular weight excluding hydrogens is 353 g/mol. The molecule has 1 aromatic heterocycles. The van der Waals surface area contributed by atoms with Gasteiger partial charge in [-0.2, -0.15) is 0 Å². The quantitative estimate of drug-likeness (QED) is 0.615. The van der Waals surface area contributed by atoms with Gasteiger partial charge >= 0.3 is 6.03 Å². The molecule has 3 aromatic rings. The van der Waals surface area contributed by atoms with Crippen LogP contribution in [0.1, 0.15) is 26.8 Å². The molecule has 1 heterocycles. The normalized spacial score (nSPS) is 11.4. The maximum Gasteiger partial charge on any atom is 0.334 e. The number of amides is 3. The highest BCUT2D eigenvalue weighted by molar-refractivity contribution is 7.10. The van der Waals surface area contributed by atoms with Gasteiger partial charge < -0.3 is 5.32 Å². The smallest absolute Gasteiger partial charge is 0.325 e. The van der Waals surface area contributed by atoms with Crippen LogP contribution in [0.25, 0.3) is 0 Å². The SMILES string of the molecule is O=C(NNC(=O)c1ccccc1)N[C@@H](c1ccc(F)cc1)c1cccs1. The minimum Gasteiger partial charge on any atom is -0.325 e. The lowest BCUT2D eigenvalue weighted by Gasteiger charge is -2.18. The maximum atomic E-state index is 13.2. The highest BCUT2D eigenvalue weighted by Crippen LogP contribution is 2.26. The van der Waals surface area contributed by atoms with E-state index in [9.17, 15) is 14.0 Å². The summed E-state index contributed by atoms with van der Waals surface area (Å²) in [6.45, 7) is 0. The Morgan fingerprint density at radius 2 is 1.62 bits per heavy atom. The Labute approximate surface area is 153 Å². The van der Waals surface area contributed by atoms with Gasteiger partial charge in [0.15, 0.2) is 0 Å². The summed E-state index contributed by atoms with van der Waals surface area (Å²) in [6.07, 6.45) is 0. The second-order valence-electron chi connectivity index (χ2n) is 5.42. The van der Waals surface area contributed by atoms with Crippen LogP contribution >= 0.6 is 11.3 Å². The standard InChI is InChI=1S/C19H16FN3O2S/c20-15-10-8-13(9-11-15)17(16-7-4-12-26-16)21-19(25)23-22-18(24)14-5-2-1-3-6-14/h1-12,17H,(H,22,24)(H2,21,23,25)/t17-/m0/s1. The van der Waals surface area contributed by atoms with E-state index in [4.69, 9.17) is 0 Å². The van der Waals surface area contributed by atoms with E-state index in [1.807, 2.05) is 17.5 Å². The largest absolute Gasteiger partial charge is 0.334 e. The Morgan fingerprint density at radius 1 is 0.885 bits per heavy atom. The zero-order valence-corrected chi connectivity index (χ0v) is 14.4. The monoisotopic (exact) mass is 369 g/mol. The van der Waals surface area contributed by atoms with Gasteiger partial charge in [-0.15, -0.1) is 11.3 Å². The van der Waals surface area contributed by atoms with Gasteiger partial charge in [-0.25, -0.2) is 14.6 Å². The molecule has 1 atom stereocenters. The Morgan fingerprint density at radius 3 is 2.27 bits per heavy atom. The second kappa shape index (κ2) is 8.26. The van der Waals surface area contributed by atoms with Gasteiger partial charge in [0.1, 0.15) is 5.82 Å². The second-order valence-corrected chi connectivity index (χ2v) is 6.40. The topological polar surface area (TPSA) is 70.2 Å². The number of hydrazine groups is 1. The first-order chi connectivity index (χ1) is 12.6. The summed E-state index contributed by atoms with van der Waals surface area (Å²) in [7, 11) is 0. The molecule has 0 spiro atoms. The van der Waals surface area contributed by atoms with E-state index in [0.717, 1.165) is 10.4 Å². The molecule has 0 radical (unpaired) electrons. The Bertz CT molecular complexity index is 868. The van der Waals surface area contributed by atoms with Crippen molar-refractivity contribution in [1.82, 2.24) is 16.2 Å². The van der Waals surface area contributed by atoms with Gasteiger partial charge in [0.2, 0.25) is 0 Å². The van der Waals surface area contributed by atoms with Crippen LogP contribution < -0.4 is 16.2 Å². The van der Waals surface area contributed by atoms with Crippen LogP contribution in [0.3, 0.4) is 0 Å². The van der Waals surface area contributed by atoms with Crippen molar-refractivity contribution in [2.75, 3.05) is 0 Å². The minimum atomic E-state index is -0.572. The number of benzene rings is 2. The zero-order valence-electron chi connectivity index (χ0n) is 13.6. The molecule has 3 N–H and O–H groups in total. The number of urea groups is 1. The number of hydrogen-bond donors (Lipinski definition) is 3. The Kier molecular flexibility index (Phi) is 5.60. The molecule has 0 fully saturated rings. The number of carbonyl (C=O) groups excluding carboxylic acids is 2. The van der Waals surface area contributed by atoms with E-state index in [1.165, 1.54) is 23.5 Å². The molecule has 7 heteroatoms. The van der Waals surface area contributed by atoms with Gasteiger partial charge in [-0.05, 0) is 41.3 Å². The summed E-state index contributed by atoms with van der Waals surface area (Å²) in [4.78, 5) is 25.1. The average molecular weight is 369 g/mol. The van der Waals surface area contributed by atoms with Crippen LogP contribution in [-0.2, 0) is 0 Å². The summed E-state index contributed by atoms with van der Waals surface area (Å²) >= 11 is 1.47. The van der Waals surface area contributed by atoms with E-state index >= 15 is 0 Å². The Hall–Kier alpha value is -3.19. The molecule has 3 rings (SSSR count). The highest BCUT2D eigenvalue weighted by atomic mass is 32.1. The number of carbonyl (C=O) groups is 2. The van der Waals surface area contributed by atoms with Crippen LogP contribution in [0.4, 0.5) is 9.18 Å². The molecule has 2 aromatic carbocycles. The molecule has 0 aliphatic rings. The summed E-state index contributed by atoms with van der Waals surface area (Å²) in [5, 5.41) is 4.68. The molecule has 0 bridgehead atoms. The van der Waals surface area contributed by atoms with Crippen molar-refractivity contribution in [2.45, 2.75) is 6.04 Å². The predicted octanol–water partition coefficient (Wildman–Crippen LogP) is 3.62. The highest BCUT2D eigenvalue weighted by Gasteiger charge is 2.18. The summed E-state index contributed by atoms with van der Waals surface area (Å²) in [5.41, 5.74) is 5.85. The third-order valence-electron chi connectivity index (χ3n) is 3.63. The van der Waals surface area contributed by atoms with E-state index in [-0.39, 0.29) is 5.82 Å². The molecule has 0 saturated heterocycles. The van der Waals surface area contributed by atoms with Gasteiger partial charge in [0.05, 0.1) is 6.04 Å². The van der Waals surface area contributed by atoms with Crippen LogP contribution in [0.5, 0.6) is 0 Å². The van der Waals surface area contributed by atoms with Crippen molar-refractivity contribution in [2.24, 2.45) is 0 Å². The van der Waals surface area contributed by atoms with Crippen LogP contribution in [-0.4, -0.2) is 11.9 Å². The lowest BCUT2D eigenvalue weighted by Crippen LogP contribution is -2.47. The van der Waals surface area contributed by atoms with Crippen LogP contribution in [0, 0.1) is 5.82 Å². The predicted molar refractivity (Wildman–Crippen MR) is 98.1 cm³/mol. The summed E-state index contributed by atoms with van der Waals surface area (Å²) in [5.74, 6) is -0.770. The fraction of sp³-hybridized carbons (Fsp3) is 0.0526. The number of halogens is 1. The third kappa shape index (κ3) is 4.46. The average Bonchev–Trinajstić information content (AvgIpc) is 3.20. The van der Waals surface area contributed by atoms with Gasteiger partial charge in [-0.3, -0.25) is 10.2 Å². The number of hydrogen-bond acceptors (Lipinski definition) is 3. The van der Waals surface area contributed by atoms with Crippen molar-refractivity contribution in [3.8, 4) is 0 Å². The van der Waals surface area contributed by atoms with Crippen molar-refractivity contribution < 1.29 is 14.0 Å². The molecule has 0 aliphatic carbocycles. The molecule has 0 aliphatic heterocycles. The van der Waals surface area contributed by atoms with Gasteiger partial charge in [0.25, 0.3) is 5.91 Å². The Balaban J connectivity index is 1.66. The first-order valence-corrected chi connectivity index (χ1v) is 8.72. The summed E-state index contributed by atoms with van der Waals surface area (Å²) in [6, 6.07) is 17.2. The van der Waals surface area contributed by atoms with Crippen molar-refractivity contribution in [3.05, 3.63) is 93.9 Å². The van der Waals surface area contributed by atoms with E-state index in [1.54, 1.807) is 42.5 Å². The fourth-order valence-electron chi connectivity index (χ4n) is 2.37. The van der Waals surface area contributed by atoms with Crippen LogP contribution in [0.2, 0.25) is 0 Å². The molecule has 3 amide bonds. The van der Waals surface area contributed by atoms with E-state index in [0.29, 0.717) is 5.56 Å². The first-order valence-electron chi connectivity index (χ1n) is 7.84. The molecule has 132 valence electrons. The molecular formula is C19H16FN3O2S. The first kappa shape index (κ1) is 17.6. The fourth-order valence-corrected chi connectivity index (χ4v) is 3.17. The van der Waals surface area contributed by atoms with E-state index < -0.39 is 18.0 Å². The lowest BCUT2D eigenvalue weighted by atomic mass is 10.1. The number of nitrogens with one attached hydrogen (secondary N) is 3. The van der Waals surface area contributed by atoms with Crippen molar-refractivity contribution >= 4 is 23.3 Å². The van der Waals surface area contributed by atoms with E-state index in [2.05, 4.69) is 16.2 Å². The van der Waals surface area contributed by atoms with Crippen molar-refractivity contribution in [3.63, 3.8) is 0 Å². The lowest BCUT2D eigenvalue weighted by molar-refractivity contribution is 0.0936. The molecule has 0 saturated carbocycles. The minimum absolute atomic E-state index is 0.349. The maximum absolute atomic E-state index is 13.2. The van der Waals surface area contributed by atoms with Crippen LogP contribution in [0.15, 0.2) is 72.1 Å². The molecule has 5 nitrogen and oxygen atoms in total. The van der Waals surface area contributed by atoms with Gasteiger partial charge in [0, 0.05) is 10.4 Å².